The number of anilines is 1. The summed E-state index contributed by atoms with van der Waals surface area (Å²) >= 11 is 0. The average Bonchev–Trinajstić information content (AvgIpc) is 2.83. The van der Waals surface area contributed by atoms with Crippen molar-refractivity contribution in [2.75, 3.05) is 31.6 Å². The minimum atomic E-state index is -0.639. The van der Waals surface area contributed by atoms with Crippen LogP contribution in [0.3, 0.4) is 0 Å². The topological polar surface area (TPSA) is 92.3 Å². The van der Waals surface area contributed by atoms with Crippen LogP contribution in [0, 0.1) is 18.3 Å². The lowest BCUT2D eigenvalue weighted by Crippen LogP contribution is -2.46. The van der Waals surface area contributed by atoms with E-state index in [-0.39, 0.29) is 17.5 Å². The quantitative estimate of drug-likeness (QED) is 0.624. The Balaban J connectivity index is 1.51. The monoisotopic (exact) mass is 445 g/mol. The molecule has 170 valence electrons. The highest BCUT2D eigenvalue weighted by atomic mass is 16.5. The van der Waals surface area contributed by atoms with E-state index in [0.29, 0.717) is 25.4 Å². The lowest BCUT2D eigenvalue weighted by atomic mass is 10.1. The summed E-state index contributed by atoms with van der Waals surface area (Å²) in [4.78, 5) is 28.2. The van der Waals surface area contributed by atoms with Crippen molar-refractivity contribution in [3.63, 3.8) is 0 Å². The Hall–Kier alpha value is -3.67. The summed E-state index contributed by atoms with van der Waals surface area (Å²) < 4.78 is 8.22. The fourth-order valence-corrected chi connectivity index (χ4v) is 4.04. The van der Waals surface area contributed by atoms with E-state index < -0.39 is 11.2 Å². The molecule has 4 rings (SSSR count). The molecule has 3 aromatic rings. The standard InChI is InChI=1S/C25H27N5O3/c1-18-8-10-19(11-9-18)16-29-12-13-33-21(17-29)15-27-23-22(14-26)24(31)30(25(32)28(23)2)20-6-4-3-5-7-20/h3-11,21,27H,12-13,15-17H2,1-2H3. The van der Waals surface area contributed by atoms with Gasteiger partial charge in [0, 0.05) is 33.2 Å². The molecule has 0 amide bonds. The number of nitrogens with zero attached hydrogens (tertiary/aromatic N) is 4. The zero-order valence-corrected chi connectivity index (χ0v) is 18.8. The SMILES string of the molecule is Cc1ccc(CN2CCOC(CNc3c(C#N)c(=O)n(-c4ccccc4)c(=O)n3C)C2)cc1. The summed E-state index contributed by atoms with van der Waals surface area (Å²) in [5.74, 6) is 0.207. The van der Waals surface area contributed by atoms with Crippen LogP contribution in [0.4, 0.5) is 5.82 Å². The van der Waals surface area contributed by atoms with Crippen LogP contribution < -0.4 is 16.6 Å². The summed E-state index contributed by atoms with van der Waals surface area (Å²) in [7, 11) is 1.55. The summed E-state index contributed by atoms with van der Waals surface area (Å²) in [6.07, 6.45) is -0.137. The zero-order valence-electron chi connectivity index (χ0n) is 18.8. The van der Waals surface area contributed by atoms with Gasteiger partial charge in [0.1, 0.15) is 11.9 Å². The van der Waals surface area contributed by atoms with E-state index in [2.05, 4.69) is 41.4 Å². The van der Waals surface area contributed by atoms with Crippen LogP contribution in [-0.2, 0) is 18.3 Å². The molecule has 1 aliphatic rings. The van der Waals surface area contributed by atoms with Crippen LogP contribution in [0.5, 0.6) is 0 Å². The molecule has 0 aliphatic carbocycles. The normalized spacial score (nSPS) is 16.3. The maximum atomic E-state index is 13.0. The van der Waals surface area contributed by atoms with Crippen molar-refractivity contribution in [3.8, 4) is 11.8 Å². The number of nitrogens with one attached hydrogen (secondary N) is 1. The van der Waals surface area contributed by atoms with E-state index in [0.717, 1.165) is 17.7 Å². The molecule has 2 aromatic carbocycles. The third-order valence-electron chi connectivity index (χ3n) is 5.84. The number of morpholine rings is 1. The van der Waals surface area contributed by atoms with Crippen LogP contribution in [0.1, 0.15) is 16.7 Å². The second-order valence-electron chi connectivity index (χ2n) is 8.25. The van der Waals surface area contributed by atoms with Crippen LogP contribution >= 0.6 is 0 Å². The molecule has 33 heavy (non-hydrogen) atoms. The molecule has 1 aromatic heterocycles. The van der Waals surface area contributed by atoms with Crippen molar-refractivity contribution >= 4 is 5.82 Å². The van der Waals surface area contributed by atoms with Crippen molar-refractivity contribution < 1.29 is 4.74 Å². The summed E-state index contributed by atoms with van der Waals surface area (Å²) in [5.41, 5.74) is 1.64. The van der Waals surface area contributed by atoms with Gasteiger partial charge in [-0.05, 0) is 24.6 Å². The number of ether oxygens (including phenoxy) is 1. The van der Waals surface area contributed by atoms with Gasteiger partial charge in [-0.25, -0.2) is 9.36 Å². The first-order valence-corrected chi connectivity index (χ1v) is 10.9. The average molecular weight is 446 g/mol. The number of benzene rings is 2. The maximum Gasteiger partial charge on any atom is 0.337 e. The van der Waals surface area contributed by atoms with Crippen LogP contribution in [0.15, 0.2) is 64.2 Å². The number of nitriles is 1. The van der Waals surface area contributed by atoms with Crippen LogP contribution in [-0.4, -0.2) is 46.4 Å². The minimum absolute atomic E-state index is 0.103. The Bertz CT molecular complexity index is 1270. The Labute approximate surface area is 192 Å². The van der Waals surface area contributed by atoms with Crippen molar-refractivity contribution in [3.05, 3.63) is 92.1 Å². The molecule has 0 saturated carbocycles. The van der Waals surface area contributed by atoms with Crippen molar-refractivity contribution in [2.45, 2.75) is 19.6 Å². The van der Waals surface area contributed by atoms with E-state index in [1.54, 1.807) is 37.4 Å². The number of hydrogen-bond donors (Lipinski definition) is 1. The van der Waals surface area contributed by atoms with Crippen molar-refractivity contribution in [2.24, 2.45) is 7.05 Å². The second kappa shape index (κ2) is 9.86. The molecule has 1 aliphatic heterocycles. The van der Waals surface area contributed by atoms with E-state index in [1.165, 1.54) is 15.7 Å². The summed E-state index contributed by atoms with van der Waals surface area (Å²) in [6, 6.07) is 19.1. The first-order valence-electron chi connectivity index (χ1n) is 10.9. The summed E-state index contributed by atoms with van der Waals surface area (Å²) in [6.45, 7) is 5.41. The predicted molar refractivity (Wildman–Crippen MR) is 127 cm³/mol. The molecule has 2 heterocycles. The third-order valence-corrected chi connectivity index (χ3v) is 5.84. The zero-order chi connectivity index (χ0) is 23.4. The Morgan fingerprint density at radius 1 is 1.12 bits per heavy atom. The highest BCUT2D eigenvalue weighted by Gasteiger charge is 2.23. The van der Waals surface area contributed by atoms with Crippen molar-refractivity contribution in [1.82, 2.24) is 14.0 Å². The van der Waals surface area contributed by atoms with Gasteiger partial charge >= 0.3 is 5.69 Å². The van der Waals surface area contributed by atoms with Gasteiger partial charge in [0.05, 0.1) is 18.4 Å². The smallest absolute Gasteiger partial charge is 0.337 e. The molecule has 8 nitrogen and oxygen atoms in total. The van der Waals surface area contributed by atoms with Gasteiger partial charge < -0.3 is 10.1 Å². The number of aryl methyl sites for hydroxylation is 1. The van der Waals surface area contributed by atoms with Gasteiger partial charge in [-0.3, -0.25) is 14.3 Å². The first kappa shape index (κ1) is 22.5. The van der Waals surface area contributed by atoms with Gasteiger partial charge in [0.25, 0.3) is 5.56 Å². The molecule has 1 atom stereocenters. The largest absolute Gasteiger partial charge is 0.374 e. The first-order chi connectivity index (χ1) is 16.0. The second-order valence-corrected chi connectivity index (χ2v) is 8.25. The fourth-order valence-electron chi connectivity index (χ4n) is 4.04. The van der Waals surface area contributed by atoms with E-state index in [9.17, 15) is 14.9 Å². The Morgan fingerprint density at radius 3 is 2.55 bits per heavy atom. The fraction of sp³-hybridized carbons (Fsp3) is 0.320. The number of para-hydroxylation sites is 1. The lowest BCUT2D eigenvalue weighted by molar-refractivity contribution is -0.0241. The predicted octanol–water partition coefficient (Wildman–Crippen LogP) is 2.03. The van der Waals surface area contributed by atoms with Gasteiger partial charge in [-0.15, -0.1) is 0 Å². The van der Waals surface area contributed by atoms with E-state index in [1.807, 2.05) is 6.07 Å². The molecule has 1 N–H and O–H groups in total. The molecule has 0 radical (unpaired) electrons. The molecule has 1 saturated heterocycles. The Morgan fingerprint density at radius 2 is 1.85 bits per heavy atom. The highest BCUT2D eigenvalue weighted by Crippen LogP contribution is 2.14. The number of aromatic nitrogens is 2. The molecule has 8 heteroatoms. The van der Waals surface area contributed by atoms with E-state index in [4.69, 9.17) is 4.74 Å². The molecular weight excluding hydrogens is 418 g/mol. The third kappa shape index (κ3) is 4.90. The Kier molecular flexibility index (Phi) is 6.73. The highest BCUT2D eigenvalue weighted by molar-refractivity contribution is 5.52. The molecule has 1 unspecified atom stereocenters. The summed E-state index contributed by atoms with van der Waals surface area (Å²) in [5, 5.41) is 12.8. The number of hydrogen-bond acceptors (Lipinski definition) is 6. The number of rotatable bonds is 6. The maximum absolute atomic E-state index is 13.0. The molecule has 0 spiro atoms. The van der Waals surface area contributed by atoms with E-state index >= 15 is 0 Å². The van der Waals surface area contributed by atoms with Gasteiger partial charge in [-0.2, -0.15) is 5.26 Å². The van der Waals surface area contributed by atoms with Crippen LogP contribution in [0.2, 0.25) is 0 Å². The van der Waals surface area contributed by atoms with Gasteiger partial charge in [0.15, 0.2) is 5.56 Å². The molecule has 0 bridgehead atoms. The van der Waals surface area contributed by atoms with Gasteiger partial charge in [0.2, 0.25) is 0 Å². The van der Waals surface area contributed by atoms with Crippen LogP contribution in [0.25, 0.3) is 5.69 Å². The molecular formula is C25H27N5O3. The minimum Gasteiger partial charge on any atom is -0.374 e. The van der Waals surface area contributed by atoms with Crippen molar-refractivity contribution in [1.29, 1.82) is 5.26 Å². The van der Waals surface area contributed by atoms with Gasteiger partial charge in [-0.1, -0.05) is 48.0 Å². The molecule has 1 fully saturated rings. The lowest BCUT2D eigenvalue weighted by Gasteiger charge is -2.33.